The molecule has 0 saturated carbocycles. The highest BCUT2D eigenvalue weighted by molar-refractivity contribution is 6.30. The molecule has 6 heteroatoms. The van der Waals surface area contributed by atoms with Crippen LogP contribution in [-0.2, 0) is 0 Å². The molecule has 1 saturated heterocycles. The fourth-order valence-corrected chi connectivity index (χ4v) is 3.20. The number of halogens is 2. The molecular weight excluding hydrogens is 303 g/mol. The van der Waals surface area contributed by atoms with Gasteiger partial charge in [-0.2, -0.15) is 0 Å². The zero-order valence-corrected chi connectivity index (χ0v) is 12.8. The van der Waals surface area contributed by atoms with Crippen molar-refractivity contribution in [1.29, 1.82) is 0 Å². The summed E-state index contributed by atoms with van der Waals surface area (Å²) in [6.45, 7) is 3.43. The zero-order valence-electron chi connectivity index (χ0n) is 12.0. The topological polar surface area (TPSA) is 34.0 Å². The second kappa shape index (κ2) is 4.95. The Hall–Kier alpha value is -2.14. The number of anilines is 1. The number of para-hydroxylation sites is 2. The van der Waals surface area contributed by atoms with Gasteiger partial charge < -0.3 is 9.47 Å². The van der Waals surface area contributed by atoms with Crippen molar-refractivity contribution in [1.82, 2.24) is 14.5 Å². The number of fused-ring (bicyclic) bond motifs is 1. The van der Waals surface area contributed by atoms with Gasteiger partial charge in [0, 0.05) is 19.3 Å². The first-order valence-corrected chi connectivity index (χ1v) is 7.51. The van der Waals surface area contributed by atoms with E-state index in [1.165, 1.54) is 12.3 Å². The Morgan fingerprint density at radius 2 is 2.05 bits per heavy atom. The highest BCUT2D eigenvalue weighted by Gasteiger charge is 2.32. The molecule has 2 aromatic heterocycles. The zero-order chi connectivity index (χ0) is 15.3. The molecule has 0 N–H and O–H groups in total. The van der Waals surface area contributed by atoms with Crippen LogP contribution < -0.4 is 4.90 Å². The van der Waals surface area contributed by atoms with E-state index in [1.54, 1.807) is 0 Å². The van der Waals surface area contributed by atoms with Crippen LogP contribution in [0.15, 0.2) is 36.5 Å². The van der Waals surface area contributed by atoms with Gasteiger partial charge in [0.1, 0.15) is 5.82 Å². The van der Waals surface area contributed by atoms with Crippen LogP contribution in [-0.4, -0.2) is 27.6 Å². The highest BCUT2D eigenvalue weighted by Crippen LogP contribution is 2.32. The maximum atomic E-state index is 13.9. The number of imidazole rings is 1. The quantitative estimate of drug-likeness (QED) is 0.724. The molecule has 0 radical (unpaired) electrons. The van der Waals surface area contributed by atoms with Gasteiger partial charge in [0.25, 0.3) is 0 Å². The lowest BCUT2D eigenvalue weighted by Crippen LogP contribution is -2.48. The van der Waals surface area contributed by atoms with Gasteiger partial charge in [0.2, 0.25) is 0 Å². The van der Waals surface area contributed by atoms with Crippen LogP contribution >= 0.6 is 11.6 Å². The minimum atomic E-state index is -0.377. The third-order valence-electron chi connectivity index (χ3n) is 4.09. The number of benzene rings is 1. The molecule has 22 heavy (non-hydrogen) atoms. The van der Waals surface area contributed by atoms with E-state index in [1.807, 2.05) is 30.0 Å². The van der Waals surface area contributed by atoms with Crippen LogP contribution in [0.5, 0.6) is 0 Å². The lowest BCUT2D eigenvalue weighted by Gasteiger charge is -2.41. The largest absolute Gasteiger partial charge is 0.350 e. The molecule has 112 valence electrons. The molecule has 1 fully saturated rings. The van der Waals surface area contributed by atoms with E-state index in [4.69, 9.17) is 11.6 Å². The molecule has 1 aromatic carbocycles. The second-order valence-electron chi connectivity index (χ2n) is 5.54. The normalized spacial score (nSPS) is 15.3. The summed E-state index contributed by atoms with van der Waals surface area (Å²) in [5.74, 6) is 0.969. The van der Waals surface area contributed by atoms with E-state index >= 15 is 0 Å². The van der Waals surface area contributed by atoms with Gasteiger partial charge in [0.15, 0.2) is 11.6 Å². The van der Waals surface area contributed by atoms with Gasteiger partial charge in [-0.05, 0) is 25.1 Å². The first kappa shape index (κ1) is 13.5. The van der Waals surface area contributed by atoms with E-state index in [-0.39, 0.29) is 11.9 Å². The van der Waals surface area contributed by atoms with Gasteiger partial charge in [0.05, 0.1) is 22.1 Å². The summed E-state index contributed by atoms with van der Waals surface area (Å²) >= 11 is 5.75. The van der Waals surface area contributed by atoms with Crippen LogP contribution in [0.25, 0.3) is 11.0 Å². The minimum absolute atomic E-state index is 0.282. The number of rotatable bonds is 2. The van der Waals surface area contributed by atoms with E-state index in [0.717, 1.165) is 16.9 Å². The summed E-state index contributed by atoms with van der Waals surface area (Å²) in [5.41, 5.74) is 2.11. The second-order valence-corrected chi connectivity index (χ2v) is 5.97. The van der Waals surface area contributed by atoms with Gasteiger partial charge >= 0.3 is 0 Å². The molecule has 4 rings (SSSR count). The third kappa shape index (κ3) is 2.04. The summed E-state index contributed by atoms with van der Waals surface area (Å²) in [5, 5.41) is 0.315. The van der Waals surface area contributed by atoms with E-state index < -0.39 is 0 Å². The molecule has 0 atom stereocenters. The van der Waals surface area contributed by atoms with Crippen LogP contribution in [0, 0.1) is 12.7 Å². The molecule has 0 amide bonds. The number of pyridine rings is 1. The third-order valence-corrected chi connectivity index (χ3v) is 4.29. The molecule has 3 aromatic rings. The van der Waals surface area contributed by atoms with Crippen molar-refractivity contribution in [2.75, 3.05) is 18.0 Å². The average Bonchev–Trinajstić information content (AvgIpc) is 2.76. The van der Waals surface area contributed by atoms with Crippen LogP contribution in [0.1, 0.15) is 11.9 Å². The van der Waals surface area contributed by atoms with Crippen molar-refractivity contribution in [2.24, 2.45) is 0 Å². The standard InChI is InChI=1S/C16H14ClFN4/c1-10-20-14-4-2-3-5-15(14)22(10)12-8-21(9-12)16-13(18)6-11(17)7-19-16/h2-7,12H,8-9H2,1H3. The Bertz CT molecular complexity index is 854. The van der Waals surface area contributed by atoms with Crippen molar-refractivity contribution < 1.29 is 4.39 Å². The van der Waals surface area contributed by atoms with Crippen molar-refractivity contribution in [3.8, 4) is 0 Å². The van der Waals surface area contributed by atoms with Crippen LogP contribution in [0.4, 0.5) is 10.2 Å². The molecule has 0 bridgehead atoms. The molecule has 3 heterocycles. The molecular formula is C16H14ClFN4. The molecule has 0 unspecified atom stereocenters. The molecule has 4 nitrogen and oxygen atoms in total. The van der Waals surface area contributed by atoms with Crippen molar-refractivity contribution in [3.63, 3.8) is 0 Å². The fraction of sp³-hybridized carbons (Fsp3) is 0.250. The number of hydrogen-bond donors (Lipinski definition) is 0. The summed E-state index contributed by atoms with van der Waals surface area (Å²) in [7, 11) is 0. The SMILES string of the molecule is Cc1nc2ccccc2n1C1CN(c2ncc(Cl)cc2F)C1. The Labute approximate surface area is 132 Å². The van der Waals surface area contributed by atoms with Crippen molar-refractivity contribution in [2.45, 2.75) is 13.0 Å². The van der Waals surface area contributed by atoms with Gasteiger partial charge in [-0.15, -0.1) is 0 Å². The van der Waals surface area contributed by atoms with Crippen LogP contribution in [0.2, 0.25) is 5.02 Å². The summed E-state index contributed by atoms with van der Waals surface area (Å²) in [4.78, 5) is 10.6. The van der Waals surface area contributed by atoms with Gasteiger partial charge in [-0.3, -0.25) is 0 Å². The summed E-state index contributed by atoms with van der Waals surface area (Å²) < 4.78 is 16.1. The first-order valence-electron chi connectivity index (χ1n) is 7.13. The van der Waals surface area contributed by atoms with Gasteiger partial charge in [-0.25, -0.2) is 14.4 Å². The van der Waals surface area contributed by atoms with Gasteiger partial charge in [-0.1, -0.05) is 23.7 Å². The number of hydrogen-bond acceptors (Lipinski definition) is 3. The smallest absolute Gasteiger partial charge is 0.167 e. The number of nitrogens with zero attached hydrogens (tertiary/aromatic N) is 4. The Morgan fingerprint density at radius 3 is 2.82 bits per heavy atom. The van der Waals surface area contributed by atoms with E-state index in [2.05, 4.69) is 20.6 Å². The Balaban J connectivity index is 1.61. The summed E-state index contributed by atoms with van der Waals surface area (Å²) in [6, 6.07) is 9.66. The predicted octanol–water partition coefficient (Wildman–Crippen LogP) is 3.59. The maximum absolute atomic E-state index is 13.9. The van der Waals surface area contributed by atoms with Crippen LogP contribution in [0.3, 0.4) is 0 Å². The molecule has 0 aliphatic carbocycles. The van der Waals surface area contributed by atoms with Crippen molar-refractivity contribution in [3.05, 3.63) is 53.2 Å². The molecule has 1 aliphatic rings. The van der Waals surface area contributed by atoms with Crippen molar-refractivity contribution >= 4 is 28.5 Å². The highest BCUT2D eigenvalue weighted by atomic mass is 35.5. The molecule has 1 aliphatic heterocycles. The minimum Gasteiger partial charge on any atom is -0.350 e. The predicted molar refractivity (Wildman–Crippen MR) is 84.9 cm³/mol. The monoisotopic (exact) mass is 316 g/mol. The maximum Gasteiger partial charge on any atom is 0.167 e. The molecule has 0 spiro atoms. The Morgan fingerprint density at radius 1 is 1.27 bits per heavy atom. The lowest BCUT2D eigenvalue weighted by atomic mass is 10.1. The first-order chi connectivity index (χ1) is 10.6. The average molecular weight is 317 g/mol. The number of aromatic nitrogens is 3. The summed E-state index contributed by atoms with van der Waals surface area (Å²) in [6.07, 6.45) is 1.48. The van der Waals surface area contributed by atoms with E-state index in [9.17, 15) is 4.39 Å². The lowest BCUT2D eigenvalue weighted by molar-refractivity contribution is 0.393. The number of aryl methyl sites for hydroxylation is 1. The fourth-order valence-electron chi connectivity index (χ4n) is 3.06. The Kier molecular flexibility index (Phi) is 3.04. The van der Waals surface area contributed by atoms with E-state index in [0.29, 0.717) is 23.9 Å².